The third-order valence-corrected chi connectivity index (χ3v) is 4.00. The number of anilines is 1. The van der Waals surface area contributed by atoms with E-state index in [4.69, 9.17) is 4.42 Å². The molecule has 0 radical (unpaired) electrons. The Morgan fingerprint density at radius 1 is 1.15 bits per heavy atom. The van der Waals surface area contributed by atoms with E-state index in [-0.39, 0.29) is 22.8 Å². The standard InChI is InChI=1S/C19H16N2O5/c1-11(2)14-5-3-4-6-16(14)20-18(22)15-10-12-9-13(21(24)25)7-8-17(12)26-19(15)23/h3-11H,1-2H3,(H,20,22). The van der Waals surface area contributed by atoms with Crippen LogP contribution in [0.25, 0.3) is 11.0 Å². The number of para-hydroxylation sites is 1. The van der Waals surface area contributed by atoms with Crippen molar-refractivity contribution in [3.63, 3.8) is 0 Å². The number of hydrogen-bond acceptors (Lipinski definition) is 5. The summed E-state index contributed by atoms with van der Waals surface area (Å²) in [4.78, 5) is 35.1. The molecule has 0 aliphatic rings. The van der Waals surface area contributed by atoms with Crippen LogP contribution in [0.4, 0.5) is 11.4 Å². The van der Waals surface area contributed by atoms with Gasteiger partial charge in [-0.25, -0.2) is 4.79 Å². The maximum absolute atomic E-state index is 12.6. The molecule has 0 aliphatic heterocycles. The lowest BCUT2D eigenvalue weighted by Crippen LogP contribution is -2.21. The van der Waals surface area contributed by atoms with Gasteiger partial charge in [-0.1, -0.05) is 32.0 Å². The van der Waals surface area contributed by atoms with Crippen LogP contribution in [0, 0.1) is 10.1 Å². The van der Waals surface area contributed by atoms with E-state index in [1.165, 1.54) is 24.3 Å². The molecule has 26 heavy (non-hydrogen) atoms. The molecule has 1 N–H and O–H groups in total. The molecule has 0 atom stereocenters. The number of nitrogens with zero attached hydrogens (tertiary/aromatic N) is 1. The molecule has 1 heterocycles. The Morgan fingerprint density at radius 2 is 1.88 bits per heavy atom. The summed E-state index contributed by atoms with van der Waals surface area (Å²) in [6.07, 6.45) is 0. The highest BCUT2D eigenvalue weighted by Gasteiger charge is 2.17. The number of fused-ring (bicyclic) bond motifs is 1. The molecule has 3 aromatic rings. The molecule has 132 valence electrons. The molecule has 1 amide bonds. The van der Waals surface area contributed by atoms with Gasteiger partial charge in [-0.15, -0.1) is 0 Å². The first-order valence-corrected chi connectivity index (χ1v) is 7.99. The summed E-state index contributed by atoms with van der Waals surface area (Å²) in [5, 5.41) is 13.9. The molecular formula is C19H16N2O5. The Bertz CT molecular complexity index is 1070. The maximum Gasteiger partial charge on any atom is 0.349 e. The number of benzene rings is 2. The number of nitro benzene ring substituents is 1. The summed E-state index contributed by atoms with van der Waals surface area (Å²) in [6.45, 7) is 3.99. The molecule has 0 saturated heterocycles. The number of nitrogens with one attached hydrogen (secondary N) is 1. The van der Waals surface area contributed by atoms with Gasteiger partial charge in [0.25, 0.3) is 11.6 Å². The predicted molar refractivity (Wildman–Crippen MR) is 97.6 cm³/mol. The van der Waals surface area contributed by atoms with Crippen molar-refractivity contribution in [1.29, 1.82) is 0 Å². The summed E-state index contributed by atoms with van der Waals surface area (Å²) in [6, 6.07) is 12.4. The molecule has 0 saturated carbocycles. The lowest BCUT2D eigenvalue weighted by Gasteiger charge is -2.13. The highest BCUT2D eigenvalue weighted by molar-refractivity contribution is 6.05. The van der Waals surface area contributed by atoms with Gasteiger partial charge in [0.05, 0.1) is 4.92 Å². The minimum Gasteiger partial charge on any atom is -0.422 e. The van der Waals surface area contributed by atoms with Crippen LogP contribution in [0.3, 0.4) is 0 Å². The third-order valence-electron chi connectivity index (χ3n) is 4.00. The van der Waals surface area contributed by atoms with Gasteiger partial charge in [0.2, 0.25) is 0 Å². The normalized spacial score (nSPS) is 10.9. The summed E-state index contributed by atoms with van der Waals surface area (Å²) in [7, 11) is 0. The zero-order chi connectivity index (χ0) is 18.8. The molecule has 7 nitrogen and oxygen atoms in total. The van der Waals surface area contributed by atoms with Gasteiger partial charge in [0.1, 0.15) is 11.1 Å². The van der Waals surface area contributed by atoms with Crippen LogP contribution in [-0.4, -0.2) is 10.8 Å². The van der Waals surface area contributed by atoms with Crippen molar-refractivity contribution < 1.29 is 14.1 Å². The topological polar surface area (TPSA) is 102 Å². The average molecular weight is 352 g/mol. The minimum atomic E-state index is -0.800. The first kappa shape index (κ1) is 17.3. The summed E-state index contributed by atoms with van der Waals surface area (Å²) in [5.41, 5.74) is 0.553. The molecule has 0 unspecified atom stereocenters. The second-order valence-corrected chi connectivity index (χ2v) is 6.12. The lowest BCUT2D eigenvalue weighted by atomic mass is 10.0. The molecule has 0 fully saturated rings. The predicted octanol–water partition coefficient (Wildman–Crippen LogP) is 4.08. The highest BCUT2D eigenvalue weighted by atomic mass is 16.6. The summed E-state index contributed by atoms with van der Waals surface area (Å²) in [5.74, 6) is -0.442. The monoisotopic (exact) mass is 352 g/mol. The van der Waals surface area contributed by atoms with E-state index < -0.39 is 16.5 Å². The van der Waals surface area contributed by atoms with Crippen LogP contribution < -0.4 is 10.9 Å². The Morgan fingerprint density at radius 3 is 2.58 bits per heavy atom. The Balaban J connectivity index is 2.02. The van der Waals surface area contributed by atoms with E-state index in [0.29, 0.717) is 11.1 Å². The number of amides is 1. The number of carbonyl (C=O) groups is 1. The van der Waals surface area contributed by atoms with Crippen LogP contribution in [-0.2, 0) is 0 Å². The number of hydrogen-bond donors (Lipinski definition) is 1. The quantitative estimate of drug-likeness (QED) is 0.433. The second-order valence-electron chi connectivity index (χ2n) is 6.12. The van der Waals surface area contributed by atoms with Crippen LogP contribution in [0.2, 0.25) is 0 Å². The molecule has 0 spiro atoms. The Kier molecular flexibility index (Phi) is 4.53. The highest BCUT2D eigenvalue weighted by Crippen LogP contribution is 2.25. The van der Waals surface area contributed by atoms with Gasteiger partial charge in [-0.3, -0.25) is 14.9 Å². The summed E-state index contributed by atoms with van der Waals surface area (Å²) < 4.78 is 5.13. The first-order valence-electron chi connectivity index (χ1n) is 7.99. The van der Waals surface area contributed by atoms with Crippen molar-refractivity contribution in [3.8, 4) is 0 Å². The maximum atomic E-state index is 12.6. The fourth-order valence-electron chi connectivity index (χ4n) is 2.69. The lowest BCUT2D eigenvalue weighted by molar-refractivity contribution is -0.384. The largest absolute Gasteiger partial charge is 0.422 e. The van der Waals surface area contributed by atoms with Gasteiger partial charge >= 0.3 is 5.63 Å². The number of rotatable bonds is 4. The van der Waals surface area contributed by atoms with Crippen molar-refractivity contribution in [2.75, 3.05) is 5.32 Å². The van der Waals surface area contributed by atoms with Crippen molar-refractivity contribution in [1.82, 2.24) is 0 Å². The fraction of sp³-hybridized carbons (Fsp3) is 0.158. The molecule has 2 aromatic carbocycles. The Labute approximate surface area is 148 Å². The van der Waals surface area contributed by atoms with Gasteiger partial charge in [0, 0.05) is 23.2 Å². The van der Waals surface area contributed by atoms with Crippen LogP contribution in [0.15, 0.2) is 57.7 Å². The number of carbonyl (C=O) groups excluding carboxylic acids is 1. The van der Waals surface area contributed by atoms with E-state index in [1.54, 1.807) is 12.1 Å². The average Bonchev–Trinajstić information content (AvgIpc) is 2.60. The van der Waals surface area contributed by atoms with Crippen molar-refractivity contribution in [2.45, 2.75) is 19.8 Å². The van der Waals surface area contributed by atoms with Gasteiger partial charge < -0.3 is 9.73 Å². The fourth-order valence-corrected chi connectivity index (χ4v) is 2.69. The zero-order valence-corrected chi connectivity index (χ0v) is 14.2. The zero-order valence-electron chi connectivity index (χ0n) is 14.2. The smallest absolute Gasteiger partial charge is 0.349 e. The molecule has 7 heteroatoms. The molecule has 0 aliphatic carbocycles. The second kappa shape index (κ2) is 6.79. The minimum absolute atomic E-state index is 0.150. The Hall–Kier alpha value is -3.48. The molecule has 3 rings (SSSR count). The molecule has 0 bridgehead atoms. The van der Waals surface area contributed by atoms with Crippen molar-refractivity contribution >= 4 is 28.3 Å². The van der Waals surface area contributed by atoms with Crippen LogP contribution in [0.1, 0.15) is 35.7 Å². The van der Waals surface area contributed by atoms with Crippen LogP contribution >= 0.6 is 0 Å². The van der Waals surface area contributed by atoms with Crippen molar-refractivity contribution in [2.24, 2.45) is 0 Å². The van der Waals surface area contributed by atoms with E-state index in [2.05, 4.69) is 5.32 Å². The van der Waals surface area contributed by atoms with E-state index in [9.17, 15) is 19.7 Å². The number of nitro groups is 1. The SMILES string of the molecule is CC(C)c1ccccc1NC(=O)c1cc2cc([N+](=O)[O-])ccc2oc1=O. The molecular weight excluding hydrogens is 336 g/mol. The molecule has 1 aromatic heterocycles. The van der Waals surface area contributed by atoms with E-state index in [0.717, 1.165) is 5.56 Å². The van der Waals surface area contributed by atoms with Gasteiger partial charge in [0.15, 0.2) is 0 Å². The number of non-ortho nitro benzene ring substituents is 1. The van der Waals surface area contributed by atoms with Gasteiger partial charge in [-0.2, -0.15) is 0 Å². The van der Waals surface area contributed by atoms with Crippen molar-refractivity contribution in [3.05, 3.63) is 80.2 Å². The van der Waals surface area contributed by atoms with E-state index in [1.807, 2.05) is 26.0 Å². The third kappa shape index (κ3) is 3.32. The first-order chi connectivity index (χ1) is 12.4. The summed E-state index contributed by atoms with van der Waals surface area (Å²) >= 11 is 0. The van der Waals surface area contributed by atoms with Crippen LogP contribution in [0.5, 0.6) is 0 Å². The van der Waals surface area contributed by atoms with Gasteiger partial charge in [-0.05, 0) is 29.7 Å². The van der Waals surface area contributed by atoms with E-state index >= 15 is 0 Å².